The first-order chi connectivity index (χ1) is 23.9. The van der Waals surface area contributed by atoms with Crippen LogP contribution in [0.2, 0.25) is 0 Å². The summed E-state index contributed by atoms with van der Waals surface area (Å²) in [6.07, 6.45) is 8.52. The highest BCUT2D eigenvalue weighted by atomic mass is 19.1. The Labute approximate surface area is 289 Å². The van der Waals surface area contributed by atoms with Crippen molar-refractivity contribution in [1.82, 2.24) is 0 Å². The molecule has 0 heterocycles. The molecule has 4 aromatic rings. The lowest BCUT2D eigenvalue weighted by Gasteiger charge is -2.15. The van der Waals surface area contributed by atoms with Gasteiger partial charge in [-0.25, -0.2) is 8.78 Å². The molecule has 260 valence electrons. The Balaban J connectivity index is 1.48. The lowest BCUT2D eigenvalue weighted by molar-refractivity contribution is 0.298. The van der Waals surface area contributed by atoms with Crippen molar-refractivity contribution in [1.29, 1.82) is 0 Å². The third kappa shape index (κ3) is 10.4. The SMILES string of the molecule is C=CCCCC1CC1c1cc(OCCCN)cc(-c2cc(F)cc(-c3cc(F)cc(-c4cc(OCCCN)cc(OCCCN)c4)c3)c2)c1. The lowest BCUT2D eigenvalue weighted by atomic mass is 9.94. The van der Waals surface area contributed by atoms with Crippen LogP contribution in [0.25, 0.3) is 33.4 Å². The van der Waals surface area contributed by atoms with Crippen molar-refractivity contribution in [2.24, 2.45) is 23.1 Å². The van der Waals surface area contributed by atoms with Crippen molar-refractivity contribution >= 4 is 0 Å². The van der Waals surface area contributed by atoms with E-state index >= 15 is 8.78 Å². The quantitative estimate of drug-likeness (QED) is 0.0643. The number of nitrogens with two attached hydrogens (primary N) is 3. The van der Waals surface area contributed by atoms with Gasteiger partial charge in [-0.05, 0) is 176 Å². The van der Waals surface area contributed by atoms with Crippen LogP contribution >= 0.6 is 0 Å². The van der Waals surface area contributed by atoms with Gasteiger partial charge in [-0.3, -0.25) is 0 Å². The van der Waals surface area contributed by atoms with E-state index in [-0.39, 0.29) is 0 Å². The summed E-state index contributed by atoms with van der Waals surface area (Å²) in [5, 5.41) is 0. The third-order valence-corrected chi connectivity index (χ3v) is 8.79. The third-order valence-electron chi connectivity index (χ3n) is 8.79. The van der Waals surface area contributed by atoms with E-state index in [4.69, 9.17) is 31.4 Å². The Morgan fingerprint density at radius 2 is 1.00 bits per heavy atom. The monoisotopic (exact) mass is 669 g/mol. The molecule has 1 fully saturated rings. The molecule has 6 N–H and O–H groups in total. The van der Waals surface area contributed by atoms with Crippen molar-refractivity contribution in [3.63, 3.8) is 0 Å². The highest BCUT2D eigenvalue weighted by Crippen LogP contribution is 2.51. The lowest BCUT2D eigenvalue weighted by Crippen LogP contribution is -2.07. The standard InChI is InChI=1S/C41H49F2N3O3/c1-2-3-4-8-28-26-41(28)35-17-33(22-38(25-35)47-12-5-9-44)31-15-29(18-36(42)20-31)30-16-32(21-37(43)19-30)34-23-39(48-13-6-10-45)27-40(24-34)49-14-7-11-46/h2,15-25,27-28,41H,1,3-14,26,44-46H2. The summed E-state index contributed by atoms with van der Waals surface area (Å²) >= 11 is 0. The van der Waals surface area contributed by atoms with E-state index in [1.165, 1.54) is 29.8 Å². The van der Waals surface area contributed by atoms with Crippen molar-refractivity contribution in [2.45, 2.75) is 50.9 Å². The largest absolute Gasteiger partial charge is 0.494 e. The Morgan fingerprint density at radius 3 is 1.45 bits per heavy atom. The zero-order valence-electron chi connectivity index (χ0n) is 28.3. The molecule has 0 bridgehead atoms. The van der Waals surface area contributed by atoms with Crippen LogP contribution in [0.5, 0.6) is 17.2 Å². The van der Waals surface area contributed by atoms with E-state index in [9.17, 15) is 0 Å². The van der Waals surface area contributed by atoms with Crippen molar-refractivity contribution in [3.8, 4) is 50.6 Å². The number of hydrogen-bond donors (Lipinski definition) is 3. The summed E-state index contributed by atoms with van der Waals surface area (Å²) in [4.78, 5) is 0. The predicted molar refractivity (Wildman–Crippen MR) is 195 cm³/mol. The molecule has 0 amide bonds. The average Bonchev–Trinajstić information content (AvgIpc) is 3.88. The molecule has 1 saturated carbocycles. The van der Waals surface area contributed by atoms with Gasteiger partial charge in [0.2, 0.25) is 0 Å². The first-order valence-corrected chi connectivity index (χ1v) is 17.4. The molecular weight excluding hydrogens is 620 g/mol. The molecule has 0 spiro atoms. The van der Waals surface area contributed by atoms with E-state index < -0.39 is 11.6 Å². The van der Waals surface area contributed by atoms with Crippen LogP contribution in [0.4, 0.5) is 8.78 Å². The first-order valence-electron chi connectivity index (χ1n) is 17.4. The Kier molecular flexibility index (Phi) is 13.2. The zero-order valence-corrected chi connectivity index (χ0v) is 28.3. The second-order valence-electron chi connectivity index (χ2n) is 12.7. The summed E-state index contributed by atoms with van der Waals surface area (Å²) in [6, 6.07) is 21.3. The van der Waals surface area contributed by atoms with E-state index in [0.717, 1.165) is 43.4 Å². The minimum Gasteiger partial charge on any atom is -0.494 e. The van der Waals surface area contributed by atoms with E-state index in [1.807, 2.05) is 42.5 Å². The van der Waals surface area contributed by atoms with Crippen LogP contribution in [0, 0.1) is 17.6 Å². The van der Waals surface area contributed by atoms with Crippen LogP contribution in [-0.4, -0.2) is 39.5 Å². The molecule has 1 aliphatic carbocycles. The van der Waals surface area contributed by atoms with Crippen molar-refractivity contribution in [3.05, 3.63) is 103 Å². The van der Waals surface area contributed by atoms with E-state index in [2.05, 4.69) is 18.7 Å². The van der Waals surface area contributed by atoms with Crippen LogP contribution in [-0.2, 0) is 0 Å². The van der Waals surface area contributed by atoms with E-state index in [1.54, 1.807) is 0 Å². The van der Waals surface area contributed by atoms with Gasteiger partial charge < -0.3 is 31.4 Å². The number of ether oxygens (including phenoxy) is 3. The fourth-order valence-electron chi connectivity index (χ4n) is 6.16. The summed E-state index contributed by atoms with van der Waals surface area (Å²) in [5.41, 5.74) is 22.2. The van der Waals surface area contributed by atoms with E-state index in [0.29, 0.717) is 103 Å². The molecule has 2 atom stereocenters. The first kappa shape index (κ1) is 36.1. The van der Waals surface area contributed by atoms with Gasteiger partial charge >= 0.3 is 0 Å². The maximum Gasteiger partial charge on any atom is 0.124 e. The highest BCUT2D eigenvalue weighted by molar-refractivity contribution is 5.78. The maximum absolute atomic E-state index is 15.4. The fraction of sp³-hybridized carbons (Fsp3) is 0.366. The molecule has 8 heteroatoms. The molecule has 5 rings (SSSR count). The number of halogens is 2. The number of hydrogen-bond acceptors (Lipinski definition) is 6. The predicted octanol–water partition coefficient (Wildman–Crippen LogP) is 8.61. The Bertz CT molecular complexity index is 1670. The van der Waals surface area contributed by atoms with Gasteiger partial charge in [-0.1, -0.05) is 12.1 Å². The fourth-order valence-corrected chi connectivity index (χ4v) is 6.16. The molecule has 0 radical (unpaired) electrons. The maximum atomic E-state index is 15.4. The van der Waals surface area contributed by atoms with Gasteiger partial charge in [0.05, 0.1) is 19.8 Å². The van der Waals surface area contributed by atoms with Gasteiger partial charge in [0.25, 0.3) is 0 Å². The van der Waals surface area contributed by atoms with Crippen molar-refractivity contribution in [2.75, 3.05) is 39.5 Å². The Hall–Kier alpha value is -4.24. The minimum atomic E-state index is -0.438. The van der Waals surface area contributed by atoms with Crippen LogP contribution < -0.4 is 31.4 Å². The van der Waals surface area contributed by atoms with Gasteiger partial charge in [-0.15, -0.1) is 6.58 Å². The topological polar surface area (TPSA) is 106 Å². The molecule has 2 unspecified atom stereocenters. The van der Waals surface area contributed by atoms with Crippen LogP contribution in [0.3, 0.4) is 0 Å². The second-order valence-corrected chi connectivity index (χ2v) is 12.7. The summed E-state index contributed by atoms with van der Waals surface area (Å²) < 4.78 is 48.7. The van der Waals surface area contributed by atoms with Crippen LogP contribution in [0.1, 0.15) is 56.4 Å². The second kappa shape index (κ2) is 18.0. The summed E-state index contributed by atoms with van der Waals surface area (Å²) in [5.74, 6) is 2.15. The van der Waals surface area contributed by atoms with Crippen molar-refractivity contribution < 1.29 is 23.0 Å². The average molecular weight is 670 g/mol. The van der Waals surface area contributed by atoms with Gasteiger partial charge in [-0.2, -0.15) is 0 Å². The highest BCUT2D eigenvalue weighted by Gasteiger charge is 2.37. The molecule has 6 nitrogen and oxygen atoms in total. The van der Waals surface area contributed by atoms with Gasteiger partial charge in [0.1, 0.15) is 28.9 Å². The summed E-state index contributed by atoms with van der Waals surface area (Å²) in [7, 11) is 0. The molecule has 0 saturated heterocycles. The molecular formula is C41H49F2N3O3. The number of benzene rings is 4. The smallest absolute Gasteiger partial charge is 0.124 e. The number of unbranched alkanes of at least 4 members (excludes halogenated alkanes) is 1. The number of rotatable bonds is 20. The summed E-state index contributed by atoms with van der Waals surface area (Å²) in [6.45, 7) is 6.79. The van der Waals surface area contributed by atoms with Crippen LogP contribution in [0.15, 0.2) is 85.5 Å². The van der Waals surface area contributed by atoms with Gasteiger partial charge in [0, 0.05) is 6.07 Å². The zero-order chi connectivity index (χ0) is 34.6. The Morgan fingerprint density at radius 1 is 0.571 bits per heavy atom. The number of allylic oxidation sites excluding steroid dienone is 1. The molecule has 0 aromatic heterocycles. The normalized spacial score (nSPS) is 15.2. The molecule has 0 aliphatic heterocycles. The van der Waals surface area contributed by atoms with Gasteiger partial charge in [0.15, 0.2) is 0 Å². The molecule has 4 aromatic carbocycles. The molecule has 1 aliphatic rings. The minimum absolute atomic E-state index is 0.408. The molecule has 49 heavy (non-hydrogen) atoms.